The van der Waals surface area contributed by atoms with E-state index >= 15 is 0 Å². The summed E-state index contributed by atoms with van der Waals surface area (Å²) in [4.78, 5) is 84.9. The van der Waals surface area contributed by atoms with Crippen LogP contribution in [0.3, 0.4) is 0 Å². The van der Waals surface area contributed by atoms with Crippen LogP contribution in [0.4, 0.5) is 0 Å². The Labute approximate surface area is 414 Å². The van der Waals surface area contributed by atoms with Gasteiger partial charge in [0.1, 0.15) is 47.7 Å². The van der Waals surface area contributed by atoms with Crippen LogP contribution in [0.1, 0.15) is 62.1 Å². The topological polar surface area (TPSA) is 213 Å². The molecule has 0 heterocycles. The zero-order valence-corrected chi connectivity index (χ0v) is 39.9. The Kier molecular flexibility index (Phi) is 18.5. The van der Waals surface area contributed by atoms with Crippen LogP contribution in [0.5, 0.6) is 34.5 Å². The Bertz CT molecular complexity index is 2560. The fraction of sp³-hybridized carbons (Fsp3) is 0.222. The van der Waals surface area contributed by atoms with E-state index in [2.05, 4.69) is 0 Å². The molecule has 6 aromatic rings. The smallest absolute Gasteiger partial charge is 0.338 e. The van der Waals surface area contributed by atoms with E-state index < -0.39 is 73.4 Å². The molecule has 0 aliphatic carbocycles. The summed E-state index contributed by atoms with van der Waals surface area (Å²) in [5.74, 6) is -3.65. The number of hydrogen-bond donors (Lipinski definition) is 0. The zero-order valence-electron chi connectivity index (χ0n) is 39.9. The van der Waals surface area contributed by atoms with Crippen molar-refractivity contribution < 1.29 is 85.6 Å². The van der Waals surface area contributed by atoms with Crippen LogP contribution >= 0.6 is 0 Å². The summed E-state index contributed by atoms with van der Waals surface area (Å²) < 4.78 is 67.7. The van der Waals surface area contributed by atoms with Crippen LogP contribution in [0, 0.1) is 0 Å². The van der Waals surface area contributed by atoms with Gasteiger partial charge in [-0.1, -0.05) is 0 Å². The van der Waals surface area contributed by atoms with E-state index in [9.17, 15) is 28.8 Å². The van der Waals surface area contributed by atoms with E-state index in [-0.39, 0.29) is 33.4 Å². The molecule has 6 aromatic carbocycles. The minimum absolute atomic E-state index is 0.0369. The SMILES string of the molecule is COc1ccc(C(=O)OC[C@H](OC(=O)c2ccc(OC)cc2)[C@@H](OC(=O)c2ccc(OC)cc2)[C@H](OC(=O)c2ccc(OC)cc2)[C@@H](COC(=O)c2ccc(OC)cc2)OC(=O)c2ccc(OC)cc2)cc1. The third kappa shape index (κ3) is 14.0. The van der Waals surface area contributed by atoms with Crippen LogP contribution in [0.2, 0.25) is 0 Å². The van der Waals surface area contributed by atoms with Crippen molar-refractivity contribution in [3.8, 4) is 34.5 Å². The predicted octanol–water partition coefficient (Wildman–Crippen LogP) is 7.65. The monoisotopic (exact) mass is 986 g/mol. The van der Waals surface area contributed by atoms with E-state index in [1.165, 1.54) is 188 Å². The first kappa shape index (κ1) is 52.3. The lowest BCUT2D eigenvalue weighted by Gasteiger charge is -2.35. The normalized spacial score (nSPS) is 12.2. The second kappa shape index (κ2) is 25.5. The molecule has 18 heteroatoms. The lowest BCUT2D eigenvalue weighted by molar-refractivity contribution is -0.138. The third-order valence-electron chi connectivity index (χ3n) is 10.8. The highest BCUT2D eigenvalue weighted by molar-refractivity contribution is 5.93. The van der Waals surface area contributed by atoms with Gasteiger partial charge >= 0.3 is 35.8 Å². The molecule has 4 atom stereocenters. The maximum atomic E-state index is 14.5. The molecule has 0 saturated heterocycles. The number of methoxy groups -OCH3 is 6. The second-order valence-corrected chi connectivity index (χ2v) is 15.2. The molecule has 0 aliphatic rings. The van der Waals surface area contributed by atoms with Gasteiger partial charge in [0.25, 0.3) is 0 Å². The maximum absolute atomic E-state index is 14.5. The minimum Gasteiger partial charge on any atom is -0.497 e. The van der Waals surface area contributed by atoms with E-state index in [4.69, 9.17) is 56.8 Å². The average Bonchev–Trinajstić information content (AvgIpc) is 3.43. The highest BCUT2D eigenvalue weighted by Crippen LogP contribution is 2.27. The molecule has 6 rings (SSSR count). The van der Waals surface area contributed by atoms with Crippen molar-refractivity contribution in [3.63, 3.8) is 0 Å². The number of hydrogen-bond acceptors (Lipinski definition) is 18. The van der Waals surface area contributed by atoms with Crippen LogP contribution in [0.15, 0.2) is 146 Å². The molecule has 72 heavy (non-hydrogen) atoms. The van der Waals surface area contributed by atoms with Gasteiger partial charge < -0.3 is 56.8 Å². The predicted molar refractivity (Wildman–Crippen MR) is 255 cm³/mol. The lowest BCUT2D eigenvalue weighted by Crippen LogP contribution is -2.54. The van der Waals surface area contributed by atoms with Crippen LogP contribution < -0.4 is 28.4 Å². The molecular formula is C54H50O18. The third-order valence-corrected chi connectivity index (χ3v) is 10.8. The summed E-state index contributed by atoms with van der Waals surface area (Å²) >= 11 is 0. The molecule has 0 unspecified atom stereocenters. The van der Waals surface area contributed by atoms with Gasteiger partial charge in [0, 0.05) is 0 Å². The van der Waals surface area contributed by atoms with Crippen molar-refractivity contribution in [2.75, 3.05) is 55.9 Å². The molecular weight excluding hydrogens is 937 g/mol. The zero-order chi connectivity index (χ0) is 51.6. The molecule has 0 aliphatic heterocycles. The maximum Gasteiger partial charge on any atom is 0.338 e. The summed E-state index contributed by atoms with van der Waals surface area (Å²) in [6.07, 6.45) is -7.95. The largest absolute Gasteiger partial charge is 0.497 e. The average molecular weight is 987 g/mol. The molecule has 18 nitrogen and oxygen atoms in total. The summed E-state index contributed by atoms with van der Waals surface area (Å²) in [6, 6.07) is 34.6. The Hall–Kier alpha value is -9.06. The van der Waals surface area contributed by atoms with Crippen LogP contribution in [-0.2, 0) is 28.4 Å². The number of rotatable bonds is 23. The second-order valence-electron chi connectivity index (χ2n) is 15.2. The van der Waals surface area contributed by atoms with E-state index in [1.807, 2.05) is 0 Å². The fourth-order valence-corrected chi connectivity index (χ4v) is 6.74. The standard InChI is InChI=1S/C54H50O18/c1-61-39-19-7-33(8-20-39)49(55)67-31-45(69-51(57)35-11-23-41(63-3)24-12-35)47(71-53(59)37-15-27-43(65-5)28-16-37)48(72-54(60)38-17-29-44(66-6)30-18-38)46(70-52(58)36-13-25-42(64-4)26-14-36)32-68-50(56)34-9-21-40(62-2)22-10-34/h7-30,45-48H,31-32H2,1-6H3/t45-,46+,47-,48-/m1/s1. The van der Waals surface area contributed by atoms with Gasteiger partial charge in [-0.15, -0.1) is 0 Å². The van der Waals surface area contributed by atoms with Gasteiger partial charge in [0.2, 0.25) is 0 Å². The molecule has 0 saturated carbocycles. The van der Waals surface area contributed by atoms with Gasteiger partial charge in [-0.25, -0.2) is 28.8 Å². The Balaban J connectivity index is 1.52. The molecule has 0 radical (unpaired) electrons. The van der Waals surface area contributed by atoms with Gasteiger partial charge in [-0.3, -0.25) is 0 Å². The van der Waals surface area contributed by atoms with E-state index in [1.54, 1.807) is 0 Å². The summed E-state index contributed by atoms with van der Waals surface area (Å²) in [5, 5.41) is 0. The molecule has 0 fully saturated rings. The molecule has 0 amide bonds. The number of ether oxygens (including phenoxy) is 12. The van der Waals surface area contributed by atoms with Crippen LogP contribution in [0.25, 0.3) is 0 Å². The molecule has 0 aromatic heterocycles. The van der Waals surface area contributed by atoms with Crippen LogP contribution in [-0.4, -0.2) is 116 Å². The van der Waals surface area contributed by atoms with E-state index in [0.29, 0.717) is 34.5 Å². The number of carbonyl (C=O) groups is 6. The Morgan fingerprint density at radius 2 is 0.458 bits per heavy atom. The summed E-state index contributed by atoms with van der Waals surface area (Å²) in [5.41, 5.74) is -0.136. The molecule has 374 valence electrons. The Morgan fingerprint density at radius 1 is 0.278 bits per heavy atom. The summed E-state index contributed by atoms with van der Waals surface area (Å²) in [7, 11) is 8.61. The van der Waals surface area contributed by atoms with Gasteiger partial charge in [0.15, 0.2) is 24.4 Å². The molecule has 0 spiro atoms. The van der Waals surface area contributed by atoms with Gasteiger partial charge in [-0.2, -0.15) is 0 Å². The van der Waals surface area contributed by atoms with Gasteiger partial charge in [-0.05, 0) is 146 Å². The highest BCUT2D eigenvalue weighted by atomic mass is 16.6. The van der Waals surface area contributed by atoms with Crippen molar-refractivity contribution in [2.45, 2.75) is 24.4 Å². The first-order chi connectivity index (χ1) is 34.9. The fourth-order valence-electron chi connectivity index (χ4n) is 6.74. The first-order valence-corrected chi connectivity index (χ1v) is 21.9. The van der Waals surface area contributed by atoms with Crippen molar-refractivity contribution >= 4 is 35.8 Å². The van der Waals surface area contributed by atoms with Crippen molar-refractivity contribution in [1.82, 2.24) is 0 Å². The van der Waals surface area contributed by atoms with Crippen molar-refractivity contribution in [1.29, 1.82) is 0 Å². The number of esters is 6. The van der Waals surface area contributed by atoms with Gasteiger partial charge in [0.05, 0.1) is 76.0 Å². The Morgan fingerprint density at radius 3 is 0.653 bits per heavy atom. The first-order valence-electron chi connectivity index (χ1n) is 21.9. The van der Waals surface area contributed by atoms with E-state index in [0.717, 1.165) is 0 Å². The molecule has 0 N–H and O–H groups in total. The highest BCUT2D eigenvalue weighted by Gasteiger charge is 2.46. The summed E-state index contributed by atoms with van der Waals surface area (Å²) in [6.45, 7) is -1.76. The number of carbonyl (C=O) groups excluding carboxylic acids is 6. The molecule has 0 bridgehead atoms. The van der Waals surface area contributed by atoms with Crippen molar-refractivity contribution in [3.05, 3.63) is 179 Å². The lowest BCUT2D eigenvalue weighted by atomic mass is 10.0. The quantitative estimate of drug-likeness (QED) is 0.0445. The minimum atomic E-state index is -2.07. The van der Waals surface area contributed by atoms with Crippen molar-refractivity contribution in [2.24, 2.45) is 0 Å². The number of benzene rings is 6.